The van der Waals surface area contributed by atoms with Gasteiger partial charge in [-0.15, -0.1) is 0 Å². The van der Waals surface area contributed by atoms with Crippen LogP contribution in [0.2, 0.25) is 0 Å². The molecule has 2 amide bonds. The van der Waals surface area contributed by atoms with Crippen LogP contribution in [-0.2, 0) is 14.3 Å². The lowest BCUT2D eigenvalue weighted by Crippen LogP contribution is -2.60. The molecular formula is C27H30N2O5. The zero-order valence-electron chi connectivity index (χ0n) is 19.4. The van der Waals surface area contributed by atoms with Crippen molar-refractivity contribution in [3.63, 3.8) is 0 Å². The quantitative estimate of drug-likeness (QED) is 0.604. The van der Waals surface area contributed by atoms with Crippen LogP contribution in [0.25, 0.3) is 11.1 Å². The smallest absolute Gasteiger partial charge is 0.408 e. The molecule has 0 heterocycles. The normalized spacial score (nSPS) is 24.9. The van der Waals surface area contributed by atoms with E-state index in [4.69, 9.17) is 4.74 Å². The molecule has 3 aliphatic carbocycles. The molecule has 178 valence electrons. The standard InChI is InChI=1S/C27H30N2O5/c1-27(2,25(32)28-23-13-15-11-16(24(30)31)12-21(15)23)29-26(33)34-14-22-19-9-5-3-7-17(19)18-8-4-6-10-20(18)22/h3-10,15-16,21-23H,11-14H2,1-2H3,(H,28,32)(H,29,33)(H,30,31). The van der Waals surface area contributed by atoms with Crippen LogP contribution in [0.4, 0.5) is 4.79 Å². The molecule has 7 heteroatoms. The Balaban J connectivity index is 1.17. The highest BCUT2D eigenvalue weighted by Gasteiger charge is 2.50. The van der Waals surface area contributed by atoms with E-state index in [1.54, 1.807) is 13.8 Å². The summed E-state index contributed by atoms with van der Waals surface area (Å²) in [5.41, 5.74) is 3.41. The van der Waals surface area contributed by atoms with Gasteiger partial charge in [-0.05, 0) is 67.2 Å². The number of fused-ring (bicyclic) bond motifs is 4. The van der Waals surface area contributed by atoms with Gasteiger partial charge in [0.25, 0.3) is 0 Å². The summed E-state index contributed by atoms with van der Waals surface area (Å²) in [6, 6.07) is 16.2. The van der Waals surface area contributed by atoms with Gasteiger partial charge in [0, 0.05) is 12.0 Å². The van der Waals surface area contributed by atoms with Gasteiger partial charge in [-0.3, -0.25) is 9.59 Å². The molecule has 4 atom stereocenters. The molecule has 2 saturated carbocycles. The van der Waals surface area contributed by atoms with Crippen molar-refractivity contribution < 1.29 is 24.2 Å². The van der Waals surface area contributed by atoms with Gasteiger partial charge in [0.15, 0.2) is 0 Å². The Morgan fingerprint density at radius 3 is 2.21 bits per heavy atom. The van der Waals surface area contributed by atoms with Crippen LogP contribution >= 0.6 is 0 Å². The van der Waals surface area contributed by atoms with Crippen LogP contribution in [0, 0.1) is 17.8 Å². The van der Waals surface area contributed by atoms with Gasteiger partial charge in [-0.1, -0.05) is 48.5 Å². The van der Waals surface area contributed by atoms with Gasteiger partial charge in [0.05, 0.1) is 5.92 Å². The summed E-state index contributed by atoms with van der Waals surface area (Å²) in [6.07, 6.45) is 1.44. The molecule has 3 aliphatic rings. The molecule has 0 aromatic heterocycles. The van der Waals surface area contributed by atoms with Crippen LogP contribution in [0.5, 0.6) is 0 Å². The second-order valence-electron chi connectivity index (χ2n) is 10.3. The van der Waals surface area contributed by atoms with Crippen molar-refractivity contribution in [2.75, 3.05) is 6.61 Å². The molecule has 0 radical (unpaired) electrons. The molecule has 34 heavy (non-hydrogen) atoms. The van der Waals surface area contributed by atoms with Crippen LogP contribution in [0.3, 0.4) is 0 Å². The van der Waals surface area contributed by atoms with Crippen LogP contribution in [-0.4, -0.2) is 41.3 Å². The lowest BCUT2D eigenvalue weighted by Gasteiger charge is -2.42. The summed E-state index contributed by atoms with van der Waals surface area (Å²) in [5.74, 6) is -0.838. The van der Waals surface area contributed by atoms with Crippen molar-refractivity contribution in [3.05, 3.63) is 59.7 Å². The minimum absolute atomic E-state index is 0.0366. The number of rotatable bonds is 6. The largest absolute Gasteiger partial charge is 0.481 e. The minimum atomic E-state index is -1.15. The van der Waals surface area contributed by atoms with Crippen molar-refractivity contribution in [2.45, 2.75) is 50.6 Å². The molecule has 3 N–H and O–H groups in total. The maximum Gasteiger partial charge on any atom is 0.408 e. The SMILES string of the molecule is CC(C)(NC(=O)OCC1c2ccccc2-c2ccccc21)C(=O)NC1CC2CC(C(=O)O)CC21. The second kappa shape index (κ2) is 8.46. The number of ether oxygens (including phenoxy) is 1. The first-order valence-corrected chi connectivity index (χ1v) is 11.9. The van der Waals surface area contributed by atoms with Crippen molar-refractivity contribution in [1.82, 2.24) is 10.6 Å². The predicted molar refractivity (Wildman–Crippen MR) is 126 cm³/mol. The minimum Gasteiger partial charge on any atom is -0.481 e. The lowest BCUT2D eigenvalue weighted by atomic mass is 9.71. The third kappa shape index (κ3) is 3.93. The Kier molecular flexibility index (Phi) is 5.58. The van der Waals surface area contributed by atoms with Crippen molar-refractivity contribution >= 4 is 18.0 Å². The average Bonchev–Trinajstić information content (AvgIpc) is 3.31. The Morgan fingerprint density at radius 2 is 1.59 bits per heavy atom. The summed E-state index contributed by atoms with van der Waals surface area (Å²) >= 11 is 0. The van der Waals surface area contributed by atoms with Gasteiger partial charge in [-0.25, -0.2) is 4.79 Å². The van der Waals surface area contributed by atoms with E-state index < -0.39 is 17.6 Å². The number of hydrogen-bond acceptors (Lipinski definition) is 4. The van der Waals surface area contributed by atoms with E-state index >= 15 is 0 Å². The number of carbonyl (C=O) groups is 3. The highest BCUT2D eigenvalue weighted by atomic mass is 16.5. The summed E-state index contributed by atoms with van der Waals surface area (Å²) in [7, 11) is 0. The number of carboxylic acid groups (broad SMARTS) is 1. The average molecular weight is 463 g/mol. The summed E-state index contributed by atoms with van der Waals surface area (Å²) in [6.45, 7) is 3.48. The maximum atomic E-state index is 12.9. The molecule has 2 fully saturated rings. The Hall–Kier alpha value is -3.35. The molecule has 5 rings (SSSR count). The number of carboxylic acids is 1. The van der Waals surface area contributed by atoms with E-state index in [1.165, 1.54) is 0 Å². The van der Waals surface area contributed by atoms with Crippen LogP contribution < -0.4 is 10.6 Å². The zero-order valence-corrected chi connectivity index (χ0v) is 19.4. The zero-order chi connectivity index (χ0) is 24.0. The van der Waals surface area contributed by atoms with Crippen molar-refractivity contribution in [2.24, 2.45) is 17.8 Å². The monoisotopic (exact) mass is 462 g/mol. The number of nitrogens with one attached hydrogen (secondary N) is 2. The Labute approximate surface area is 198 Å². The van der Waals surface area contributed by atoms with Crippen molar-refractivity contribution in [1.29, 1.82) is 0 Å². The second-order valence-corrected chi connectivity index (χ2v) is 10.3. The van der Waals surface area contributed by atoms with E-state index in [0.29, 0.717) is 18.8 Å². The van der Waals surface area contributed by atoms with Crippen molar-refractivity contribution in [3.8, 4) is 11.1 Å². The molecule has 7 nitrogen and oxygen atoms in total. The molecule has 0 saturated heterocycles. The predicted octanol–water partition coefficient (Wildman–Crippen LogP) is 3.92. The first-order valence-electron chi connectivity index (χ1n) is 11.9. The molecule has 2 aromatic rings. The highest BCUT2D eigenvalue weighted by molar-refractivity contribution is 5.89. The number of benzene rings is 2. The molecule has 0 bridgehead atoms. The van der Waals surface area contributed by atoms with Gasteiger partial charge in [-0.2, -0.15) is 0 Å². The first-order chi connectivity index (χ1) is 16.2. The Bertz CT molecular complexity index is 1100. The van der Waals surface area contributed by atoms with Crippen LogP contribution in [0.1, 0.15) is 50.2 Å². The number of hydrogen-bond donors (Lipinski definition) is 3. The molecule has 0 spiro atoms. The molecule has 4 unspecified atom stereocenters. The first kappa shape index (κ1) is 22.4. The summed E-state index contributed by atoms with van der Waals surface area (Å²) in [5, 5.41) is 15.0. The fourth-order valence-electron chi connectivity index (χ4n) is 5.89. The van der Waals surface area contributed by atoms with E-state index in [1.807, 2.05) is 24.3 Å². The van der Waals surface area contributed by atoms with Gasteiger partial charge in [0.2, 0.25) is 5.91 Å². The van der Waals surface area contributed by atoms with E-state index in [2.05, 4.69) is 34.9 Å². The van der Waals surface area contributed by atoms with Gasteiger partial charge >= 0.3 is 12.1 Å². The van der Waals surface area contributed by atoms with Gasteiger partial charge < -0.3 is 20.5 Å². The highest BCUT2D eigenvalue weighted by Crippen LogP contribution is 2.50. The van der Waals surface area contributed by atoms with E-state index in [-0.39, 0.29) is 36.3 Å². The fourth-order valence-corrected chi connectivity index (χ4v) is 5.89. The topological polar surface area (TPSA) is 105 Å². The van der Waals surface area contributed by atoms with Gasteiger partial charge in [0.1, 0.15) is 12.1 Å². The third-order valence-corrected chi connectivity index (χ3v) is 7.81. The fraction of sp³-hybridized carbons (Fsp3) is 0.444. The molecule has 2 aromatic carbocycles. The number of aliphatic carboxylic acids is 1. The number of amides is 2. The molecular weight excluding hydrogens is 432 g/mol. The van der Waals surface area contributed by atoms with E-state index in [0.717, 1.165) is 28.7 Å². The molecule has 0 aliphatic heterocycles. The van der Waals surface area contributed by atoms with E-state index in [9.17, 15) is 19.5 Å². The summed E-state index contributed by atoms with van der Waals surface area (Å²) < 4.78 is 5.59. The summed E-state index contributed by atoms with van der Waals surface area (Å²) in [4.78, 5) is 36.8. The maximum absolute atomic E-state index is 12.9. The number of alkyl carbamates (subject to hydrolysis) is 1. The van der Waals surface area contributed by atoms with Crippen LogP contribution in [0.15, 0.2) is 48.5 Å². The lowest BCUT2D eigenvalue weighted by molar-refractivity contribution is -0.141. The number of carbonyl (C=O) groups excluding carboxylic acids is 2. The third-order valence-electron chi connectivity index (χ3n) is 7.81. The Morgan fingerprint density at radius 1 is 0.971 bits per heavy atom.